The van der Waals surface area contributed by atoms with E-state index in [0.717, 1.165) is 0 Å². The molecule has 0 N–H and O–H groups in total. The van der Waals surface area contributed by atoms with Gasteiger partial charge in [0.15, 0.2) is 0 Å². The van der Waals surface area contributed by atoms with Gasteiger partial charge in [0.25, 0.3) is 11.4 Å². The summed E-state index contributed by atoms with van der Waals surface area (Å²) in [6.07, 6.45) is 0. The molecule has 0 radical (unpaired) electrons. The lowest BCUT2D eigenvalue weighted by molar-refractivity contribution is -0.385. The monoisotopic (exact) mass is 474 g/mol. The Hall–Kier alpha value is -2.94. The minimum Gasteiger partial charge on any atom is -0.258 e. The minimum absolute atomic E-state index is 0.00838. The quantitative estimate of drug-likeness (QED) is 0.351. The molecule has 0 amide bonds. The van der Waals surface area contributed by atoms with Crippen molar-refractivity contribution in [3.8, 4) is 23.7 Å². The average Bonchev–Trinajstić information content (AvgIpc) is 2.62. The fourth-order valence-electron chi connectivity index (χ4n) is 1.73. The molecule has 0 unspecified atom stereocenters. The lowest BCUT2D eigenvalue weighted by Crippen LogP contribution is -1.87. The third-order valence-corrected chi connectivity index (χ3v) is 3.80. The molecule has 0 bridgehead atoms. The maximum absolute atomic E-state index is 10.6. The molecule has 128 valence electrons. The summed E-state index contributed by atoms with van der Waals surface area (Å²) < 4.78 is 0.550. The molecule has 0 atom stereocenters. The molecular formula is C18H8Br2N2O4. The molecule has 26 heavy (non-hydrogen) atoms. The van der Waals surface area contributed by atoms with Crippen molar-refractivity contribution >= 4 is 43.2 Å². The second kappa shape index (κ2) is 8.95. The first-order valence-corrected chi connectivity index (χ1v) is 8.53. The Morgan fingerprint density at radius 2 is 1.08 bits per heavy atom. The van der Waals surface area contributed by atoms with Crippen LogP contribution in [0.1, 0.15) is 11.1 Å². The van der Waals surface area contributed by atoms with Gasteiger partial charge in [-0.2, -0.15) is 0 Å². The molecule has 0 heterocycles. The smallest absolute Gasteiger partial charge is 0.258 e. The van der Waals surface area contributed by atoms with Gasteiger partial charge in [-0.15, -0.1) is 0 Å². The van der Waals surface area contributed by atoms with E-state index in [1.165, 1.54) is 24.3 Å². The summed E-state index contributed by atoms with van der Waals surface area (Å²) in [5, 5.41) is 21.3. The largest absolute Gasteiger partial charge is 0.269 e. The van der Waals surface area contributed by atoms with Crippen molar-refractivity contribution < 1.29 is 9.85 Å². The van der Waals surface area contributed by atoms with Gasteiger partial charge in [-0.1, -0.05) is 23.7 Å². The zero-order valence-electron chi connectivity index (χ0n) is 12.9. The Bertz CT molecular complexity index is 924. The highest BCUT2D eigenvalue weighted by Gasteiger charge is 2.03. The van der Waals surface area contributed by atoms with Crippen LogP contribution in [0.2, 0.25) is 0 Å². The summed E-state index contributed by atoms with van der Waals surface area (Å²) in [6.45, 7) is 0. The predicted molar refractivity (Wildman–Crippen MR) is 105 cm³/mol. The van der Waals surface area contributed by atoms with E-state index in [1.54, 1.807) is 24.3 Å². The molecule has 0 aliphatic carbocycles. The predicted octanol–water partition coefficient (Wildman–Crippen LogP) is 4.91. The fourth-order valence-corrected chi connectivity index (χ4v) is 2.12. The van der Waals surface area contributed by atoms with Gasteiger partial charge in [0.2, 0.25) is 0 Å². The highest BCUT2D eigenvalue weighted by molar-refractivity contribution is 9.28. The fraction of sp³-hybridized carbons (Fsp3) is 0. The van der Waals surface area contributed by atoms with Crippen molar-refractivity contribution in [2.24, 2.45) is 0 Å². The van der Waals surface area contributed by atoms with Crippen molar-refractivity contribution in [2.75, 3.05) is 0 Å². The van der Waals surface area contributed by atoms with Crippen LogP contribution in [0.5, 0.6) is 0 Å². The maximum atomic E-state index is 10.6. The average molecular weight is 476 g/mol. The van der Waals surface area contributed by atoms with E-state index in [-0.39, 0.29) is 11.4 Å². The van der Waals surface area contributed by atoms with Crippen LogP contribution in [0.3, 0.4) is 0 Å². The Labute approximate surface area is 165 Å². The highest BCUT2D eigenvalue weighted by Crippen LogP contribution is 2.19. The summed E-state index contributed by atoms with van der Waals surface area (Å²) in [5.74, 6) is 11.5. The van der Waals surface area contributed by atoms with Crippen LogP contribution in [0.4, 0.5) is 11.4 Å². The van der Waals surface area contributed by atoms with E-state index in [9.17, 15) is 20.2 Å². The van der Waals surface area contributed by atoms with Crippen LogP contribution in [0.15, 0.2) is 57.5 Å². The number of non-ortho nitro benzene ring substituents is 2. The highest BCUT2D eigenvalue weighted by atomic mass is 79.9. The second-order valence-corrected chi connectivity index (χ2v) is 7.39. The van der Waals surface area contributed by atoms with Gasteiger partial charge in [-0.05, 0) is 56.1 Å². The first kappa shape index (κ1) is 19.4. The maximum Gasteiger partial charge on any atom is 0.269 e. The van der Waals surface area contributed by atoms with Gasteiger partial charge in [0, 0.05) is 35.4 Å². The minimum atomic E-state index is -0.479. The van der Waals surface area contributed by atoms with E-state index < -0.39 is 9.85 Å². The van der Waals surface area contributed by atoms with E-state index in [2.05, 4.69) is 55.5 Å². The second-order valence-electron chi connectivity index (χ2n) is 4.74. The van der Waals surface area contributed by atoms with Gasteiger partial charge in [-0.25, -0.2) is 0 Å². The summed E-state index contributed by atoms with van der Waals surface area (Å²) in [5.41, 5.74) is 1.65. The molecule has 0 aliphatic heterocycles. The van der Waals surface area contributed by atoms with Crippen LogP contribution in [0.25, 0.3) is 0 Å². The van der Waals surface area contributed by atoms with Crippen molar-refractivity contribution in [3.63, 3.8) is 0 Å². The van der Waals surface area contributed by atoms with Crippen LogP contribution >= 0.6 is 31.9 Å². The zero-order valence-corrected chi connectivity index (χ0v) is 16.1. The number of hydrogen-bond donors (Lipinski definition) is 0. The van der Waals surface area contributed by atoms with Crippen molar-refractivity contribution in [2.45, 2.75) is 0 Å². The summed E-state index contributed by atoms with van der Waals surface area (Å²) in [7, 11) is 0. The SMILES string of the molecule is O=[N+]([O-])c1ccc(C#CC(C#Cc2ccc([N+](=O)[O-])cc2)=C(Br)Br)cc1. The summed E-state index contributed by atoms with van der Waals surface area (Å²) in [6, 6.07) is 11.7. The lowest BCUT2D eigenvalue weighted by Gasteiger charge is -1.93. The van der Waals surface area contributed by atoms with Crippen LogP contribution in [-0.2, 0) is 0 Å². The molecule has 0 aliphatic rings. The first-order valence-electron chi connectivity index (χ1n) is 6.95. The molecular weight excluding hydrogens is 468 g/mol. The molecule has 2 rings (SSSR count). The first-order chi connectivity index (χ1) is 12.4. The number of nitro benzene ring substituents is 2. The zero-order chi connectivity index (χ0) is 19.1. The molecule has 8 heteroatoms. The topological polar surface area (TPSA) is 86.3 Å². The number of rotatable bonds is 2. The van der Waals surface area contributed by atoms with E-state index in [4.69, 9.17) is 0 Å². The lowest BCUT2D eigenvalue weighted by atomic mass is 10.1. The Morgan fingerprint density at radius 1 is 0.731 bits per heavy atom. The number of hydrogen-bond acceptors (Lipinski definition) is 4. The van der Waals surface area contributed by atoms with Crippen molar-refractivity contribution in [3.05, 3.63) is 88.9 Å². The third-order valence-electron chi connectivity index (χ3n) is 3.01. The van der Waals surface area contributed by atoms with Gasteiger partial charge in [0.05, 0.1) is 18.8 Å². The molecule has 0 spiro atoms. The molecule has 0 saturated carbocycles. The number of benzene rings is 2. The molecule has 0 saturated heterocycles. The van der Waals surface area contributed by atoms with Crippen molar-refractivity contribution in [1.29, 1.82) is 0 Å². The van der Waals surface area contributed by atoms with E-state index >= 15 is 0 Å². The molecule has 2 aromatic rings. The van der Waals surface area contributed by atoms with Crippen LogP contribution in [0, 0.1) is 43.9 Å². The van der Waals surface area contributed by atoms with Gasteiger partial charge < -0.3 is 0 Å². The Kier molecular flexibility index (Phi) is 6.67. The normalized spacial score (nSPS) is 9.15. The van der Waals surface area contributed by atoms with Gasteiger partial charge in [-0.3, -0.25) is 20.2 Å². The van der Waals surface area contributed by atoms with Gasteiger partial charge in [0.1, 0.15) is 0 Å². The molecule has 2 aromatic carbocycles. The molecule has 6 nitrogen and oxygen atoms in total. The number of allylic oxidation sites excluding steroid dienone is 1. The van der Waals surface area contributed by atoms with E-state index in [1.807, 2.05) is 0 Å². The van der Waals surface area contributed by atoms with Gasteiger partial charge >= 0.3 is 0 Å². The standard InChI is InChI=1S/C18H8Br2N2O4/c19-18(20)15(7-1-13-3-9-16(10-4-13)21(23)24)8-2-14-5-11-17(12-6-14)22(25)26/h3-6,9-12H. The van der Waals surface area contributed by atoms with E-state index in [0.29, 0.717) is 20.1 Å². The van der Waals surface area contributed by atoms with Crippen LogP contribution in [-0.4, -0.2) is 9.85 Å². The third kappa shape index (κ3) is 5.55. The number of nitro groups is 2. The van der Waals surface area contributed by atoms with Crippen molar-refractivity contribution in [1.82, 2.24) is 0 Å². The number of halogens is 2. The Morgan fingerprint density at radius 3 is 1.35 bits per heavy atom. The molecule has 0 fully saturated rings. The Balaban J connectivity index is 2.23. The van der Waals surface area contributed by atoms with Crippen LogP contribution < -0.4 is 0 Å². The summed E-state index contributed by atoms with van der Waals surface area (Å²) in [4.78, 5) is 20.3. The summed E-state index contributed by atoms with van der Waals surface area (Å²) >= 11 is 6.52. The number of nitrogens with zero attached hydrogens (tertiary/aromatic N) is 2. The molecule has 0 aromatic heterocycles.